The third-order valence-corrected chi connectivity index (χ3v) is 3.88. The van der Waals surface area contributed by atoms with E-state index in [-0.39, 0.29) is 0 Å². The lowest BCUT2D eigenvalue weighted by Crippen LogP contribution is -2.11. The van der Waals surface area contributed by atoms with Crippen LogP contribution in [0.3, 0.4) is 0 Å². The molecule has 0 saturated carbocycles. The Labute approximate surface area is 74.5 Å². The van der Waals surface area contributed by atoms with Gasteiger partial charge < -0.3 is 0 Å². The summed E-state index contributed by atoms with van der Waals surface area (Å²) in [5.74, 6) is 0. The fourth-order valence-electron chi connectivity index (χ4n) is 0.377. The molecular weight excluding hydrogens is 274 g/mol. The van der Waals surface area contributed by atoms with Gasteiger partial charge in [-0.05, 0) is 23.4 Å². The molecule has 0 spiro atoms. The molecule has 0 saturated heterocycles. The molecular formula is C4H9Cl2ISi. The second kappa shape index (κ2) is 4.36. The molecule has 0 unspecified atom stereocenters. The Kier molecular flexibility index (Phi) is 5.19. The van der Waals surface area contributed by atoms with Crippen LogP contribution in [0.15, 0.2) is 0 Å². The van der Waals surface area contributed by atoms with E-state index in [0.717, 1.165) is 12.5 Å². The second-order valence-electron chi connectivity index (χ2n) is 1.86. The summed E-state index contributed by atoms with van der Waals surface area (Å²) in [6.07, 6.45) is 1.16. The monoisotopic (exact) mass is 282 g/mol. The molecule has 0 bridgehead atoms. The molecule has 0 aromatic heterocycles. The molecule has 0 aromatic rings. The molecule has 0 amide bonds. The summed E-state index contributed by atoms with van der Waals surface area (Å²) in [6, 6.07) is 1.03. The van der Waals surface area contributed by atoms with Gasteiger partial charge in [-0.15, -0.1) is 22.2 Å². The molecule has 0 aliphatic carbocycles. The normalized spacial score (nSPS) is 12.0. The highest BCUT2D eigenvalue weighted by atomic mass is 127. The highest BCUT2D eigenvalue weighted by Crippen LogP contribution is 2.21. The molecule has 0 heterocycles. The van der Waals surface area contributed by atoms with E-state index in [1.54, 1.807) is 0 Å². The first-order valence-corrected chi connectivity index (χ1v) is 8.76. The number of hydrogen-bond acceptors (Lipinski definition) is 0. The van der Waals surface area contributed by atoms with E-state index in [2.05, 4.69) is 22.6 Å². The summed E-state index contributed by atoms with van der Waals surface area (Å²) in [4.78, 5) is 0. The zero-order valence-corrected chi connectivity index (χ0v) is 9.42. The number of hydrogen-bond donors (Lipinski definition) is 0. The van der Waals surface area contributed by atoms with Crippen LogP contribution in [0.4, 0.5) is 0 Å². The number of halogens is 3. The number of rotatable bonds is 3. The molecule has 0 aliphatic rings. The molecule has 0 aliphatic heterocycles. The molecule has 0 N–H and O–H groups in total. The van der Waals surface area contributed by atoms with Crippen LogP contribution in [0.1, 0.15) is 6.42 Å². The van der Waals surface area contributed by atoms with Crippen molar-refractivity contribution in [3.8, 4) is 0 Å². The summed E-state index contributed by atoms with van der Waals surface area (Å²) in [7, 11) is 0. The molecule has 0 radical (unpaired) electrons. The van der Waals surface area contributed by atoms with E-state index in [1.165, 1.54) is 4.43 Å². The molecule has 8 heavy (non-hydrogen) atoms. The van der Waals surface area contributed by atoms with E-state index in [0.29, 0.717) is 0 Å². The average molecular weight is 283 g/mol. The maximum atomic E-state index is 5.81. The first-order chi connectivity index (χ1) is 3.56. The first kappa shape index (κ1) is 9.53. The molecule has 0 aromatic carbocycles. The zero-order valence-electron chi connectivity index (χ0n) is 4.76. The number of alkyl halides is 1. The topological polar surface area (TPSA) is 0 Å². The Bertz CT molecular complexity index is 61.5. The predicted molar refractivity (Wildman–Crippen MR) is 51.6 cm³/mol. The van der Waals surface area contributed by atoms with Gasteiger partial charge in [-0.25, -0.2) is 0 Å². The lowest BCUT2D eigenvalue weighted by Gasteiger charge is -2.06. The fraction of sp³-hybridized carbons (Fsp3) is 1.00. The SMILES string of the molecule is C[Si](Cl)(Cl)CCCI. The van der Waals surface area contributed by atoms with E-state index < -0.39 is 6.69 Å². The van der Waals surface area contributed by atoms with Crippen LogP contribution in [0.5, 0.6) is 0 Å². The molecule has 0 fully saturated rings. The maximum absolute atomic E-state index is 5.81. The van der Waals surface area contributed by atoms with E-state index >= 15 is 0 Å². The van der Waals surface area contributed by atoms with E-state index in [9.17, 15) is 0 Å². The van der Waals surface area contributed by atoms with Crippen molar-refractivity contribution >= 4 is 51.4 Å². The average Bonchev–Trinajstić information content (AvgIpc) is 1.59. The van der Waals surface area contributed by atoms with Gasteiger partial charge in [0, 0.05) is 0 Å². The van der Waals surface area contributed by atoms with Gasteiger partial charge in [-0.1, -0.05) is 22.6 Å². The van der Waals surface area contributed by atoms with Crippen LogP contribution in [0.25, 0.3) is 0 Å². The quantitative estimate of drug-likeness (QED) is 0.322. The Morgan fingerprint density at radius 2 is 2.00 bits per heavy atom. The Balaban J connectivity index is 3.11. The highest BCUT2D eigenvalue weighted by Gasteiger charge is 2.18. The summed E-state index contributed by atoms with van der Waals surface area (Å²) < 4.78 is 1.17. The van der Waals surface area contributed by atoms with Crippen LogP contribution in [-0.4, -0.2) is 11.1 Å². The van der Waals surface area contributed by atoms with Gasteiger partial charge in [-0.3, -0.25) is 0 Å². The van der Waals surface area contributed by atoms with E-state index in [4.69, 9.17) is 22.2 Å². The highest BCUT2D eigenvalue weighted by molar-refractivity contribution is 14.1. The molecule has 50 valence electrons. The smallest absolute Gasteiger partial charge is 0.146 e. The van der Waals surface area contributed by atoms with Crippen molar-refractivity contribution in [3.63, 3.8) is 0 Å². The van der Waals surface area contributed by atoms with Crippen molar-refractivity contribution in [1.29, 1.82) is 0 Å². The summed E-state index contributed by atoms with van der Waals surface area (Å²) in [5, 5.41) is 0. The standard InChI is InChI=1S/C4H9Cl2ISi/c1-8(5,6)4-2-3-7/h2-4H2,1H3. The van der Waals surface area contributed by atoms with Crippen LogP contribution in [0, 0.1) is 0 Å². The van der Waals surface area contributed by atoms with Gasteiger partial charge in [0.1, 0.15) is 0 Å². The molecule has 0 nitrogen and oxygen atoms in total. The minimum Gasteiger partial charge on any atom is -0.146 e. The van der Waals surface area contributed by atoms with Gasteiger partial charge in [0.2, 0.25) is 6.69 Å². The van der Waals surface area contributed by atoms with Gasteiger partial charge in [-0.2, -0.15) is 0 Å². The van der Waals surface area contributed by atoms with Crippen LogP contribution < -0.4 is 0 Å². The zero-order chi connectivity index (χ0) is 6.62. The third-order valence-electron chi connectivity index (χ3n) is 0.749. The molecule has 0 atom stereocenters. The minimum absolute atomic E-state index is 1.03. The Hall–Kier alpha value is 1.53. The minimum atomic E-state index is -1.74. The largest absolute Gasteiger partial charge is 0.248 e. The summed E-state index contributed by atoms with van der Waals surface area (Å²) in [5.41, 5.74) is 0. The summed E-state index contributed by atoms with van der Waals surface area (Å²) >= 11 is 14.0. The van der Waals surface area contributed by atoms with Crippen molar-refractivity contribution < 1.29 is 0 Å². The van der Waals surface area contributed by atoms with Crippen molar-refractivity contribution in [2.75, 3.05) is 4.43 Å². The van der Waals surface area contributed by atoms with Gasteiger partial charge in [0.25, 0.3) is 0 Å². The van der Waals surface area contributed by atoms with Crippen molar-refractivity contribution in [3.05, 3.63) is 0 Å². The maximum Gasteiger partial charge on any atom is 0.248 e. The lowest BCUT2D eigenvalue weighted by atomic mass is 10.6. The van der Waals surface area contributed by atoms with Gasteiger partial charge >= 0.3 is 0 Å². The Morgan fingerprint density at radius 3 is 2.12 bits per heavy atom. The third kappa shape index (κ3) is 7.53. The Morgan fingerprint density at radius 1 is 1.50 bits per heavy atom. The summed E-state index contributed by atoms with van der Waals surface area (Å²) in [6.45, 7) is 0.222. The van der Waals surface area contributed by atoms with Crippen LogP contribution >= 0.6 is 44.7 Å². The molecule has 0 rings (SSSR count). The van der Waals surface area contributed by atoms with Crippen molar-refractivity contribution in [2.45, 2.75) is 19.0 Å². The van der Waals surface area contributed by atoms with Crippen LogP contribution in [0.2, 0.25) is 12.6 Å². The molecule has 4 heteroatoms. The first-order valence-electron chi connectivity index (χ1n) is 2.50. The second-order valence-corrected chi connectivity index (χ2v) is 11.2. The lowest BCUT2D eigenvalue weighted by molar-refractivity contribution is 1.10. The van der Waals surface area contributed by atoms with Crippen molar-refractivity contribution in [1.82, 2.24) is 0 Å². The van der Waals surface area contributed by atoms with E-state index in [1.807, 2.05) is 6.55 Å². The fourth-order valence-corrected chi connectivity index (χ4v) is 3.08. The van der Waals surface area contributed by atoms with Crippen molar-refractivity contribution in [2.24, 2.45) is 0 Å². The van der Waals surface area contributed by atoms with Gasteiger partial charge in [0.05, 0.1) is 0 Å². The van der Waals surface area contributed by atoms with Crippen LogP contribution in [-0.2, 0) is 0 Å². The predicted octanol–water partition coefficient (Wildman–Crippen LogP) is 3.36. The van der Waals surface area contributed by atoms with Gasteiger partial charge in [0.15, 0.2) is 0 Å².